The Morgan fingerprint density at radius 1 is 1.07 bits per heavy atom. The first-order valence-corrected chi connectivity index (χ1v) is 10.0. The van der Waals surface area contributed by atoms with E-state index in [1.807, 2.05) is 48.5 Å². The van der Waals surface area contributed by atoms with E-state index in [-0.39, 0.29) is 6.03 Å². The SMILES string of the molecule is O=C(NCCCn1c(-c2ccncc2)nc2cccnc21)Nc1cccc(Br)c1. The van der Waals surface area contributed by atoms with Crippen LogP contribution in [0.1, 0.15) is 6.42 Å². The lowest BCUT2D eigenvalue weighted by Crippen LogP contribution is -2.30. The molecule has 4 rings (SSSR count). The number of nitrogens with one attached hydrogen (secondary N) is 2. The van der Waals surface area contributed by atoms with Crippen LogP contribution in [-0.2, 0) is 6.54 Å². The molecule has 0 unspecified atom stereocenters. The van der Waals surface area contributed by atoms with Crippen LogP contribution in [0.2, 0.25) is 0 Å². The molecule has 3 aromatic heterocycles. The Labute approximate surface area is 176 Å². The molecule has 0 atom stereocenters. The standard InChI is InChI=1S/C21H19BrN6O/c22-16-4-1-5-17(14-16)26-21(29)25-10-3-13-28-19(15-7-11-23-12-8-15)27-18-6-2-9-24-20(18)28/h1-2,4-9,11-12,14H,3,10,13H2,(H2,25,26,29). The third-order valence-electron chi connectivity index (χ3n) is 4.37. The fourth-order valence-corrected chi connectivity index (χ4v) is 3.47. The number of aromatic nitrogens is 4. The second-order valence-electron chi connectivity index (χ2n) is 6.41. The quantitative estimate of drug-likeness (QED) is 0.424. The third kappa shape index (κ3) is 4.60. The molecule has 2 amide bonds. The van der Waals surface area contributed by atoms with Crippen LogP contribution in [0, 0.1) is 0 Å². The van der Waals surface area contributed by atoms with Crippen molar-refractivity contribution in [2.45, 2.75) is 13.0 Å². The van der Waals surface area contributed by atoms with Gasteiger partial charge in [-0.2, -0.15) is 0 Å². The minimum atomic E-state index is -0.230. The molecular weight excluding hydrogens is 432 g/mol. The van der Waals surface area contributed by atoms with Gasteiger partial charge >= 0.3 is 6.03 Å². The van der Waals surface area contributed by atoms with Crippen molar-refractivity contribution >= 4 is 38.8 Å². The molecule has 7 nitrogen and oxygen atoms in total. The average Bonchev–Trinajstić information content (AvgIpc) is 3.10. The fraction of sp³-hybridized carbons (Fsp3) is 0.143. The summed E-state index contributed by atoms with van der Waals surface area (Å²) in [5.74, 6) is 0.847. The van der Waals surface area contributed by atoms with E-state index >= 15 is 0 Å². The molecular formula is C21H19BrN6O. The molecule has 3 heterocycles. The molecule has 8 heteroatoms. The number of benzene rings is 1. The molecule has 0 saturated heterocycles. The van der Waals surface area contributed by atoms with Crippen molar-refractivity contribution in [2.75, 3.05) is 11.9 Å². The zero-order chi connectivity index (χ0) is 20.1. The zero-order valence-electron chi connectivity index (χ0n) is 15.5. The van der Waals surface area contributed by atoms with Crippen LogP contribution in [0.25, 0.3) is 22.6 Å². The maximum atomic E-state index is 12.1. The van der Waals surface area contributed by atoms with Crippen LogP contribution in [0.5, 0.6) is 0 Å². The number of hydrogen-bond donors (Lipinski definition) is 2. The number of carbonyl (C=O) groups excluding carboxylic acids is 1. The summed E-state index contributed by atoms with van der Waals surface area (Å²) in [6, 6.07) is 14.9. The molecule has 0 aliphatic heterocycles. The predicted molar refractivity (Wildman–Crippen MR) is 117 cm³/mol. The highest BCUT2D eigenvalue weighted by molar-refractivity contribution is 9.10. The van der Waals surface area contributed by atoms with Gasteiger partial charge in [0.2, 0.25) is 0 Å². The van der Waals surface area contributed by atoms with E-state index in [1.54, 1.807) is 18.6 Å². The van der Waals surface area contributed by atoms with Crippen molar-refractivity contribution in [3.63, 3.8) is 0 Å². The van der Waals surface area contributed by atoms with Gasteiger partial charge in [0.05, 0.1) is 0 Å². The summed E-state index contributed by atoms with van der Waals surface area (Å²) >= 11 is 3.39. The first-order chi connectivity index (χ1) is 14.2. The number of nitrogens with zero attached hydrogens (tertiary/aromatic N) is 4. The number of halogens is 1. The van der Waals surface area contributed by atoms with Crippen molar-refractivity contribution in [1.82, 2.24) is 24.8 Å². The lowest BCUT2D eigenvalue weighted by molar-refractivity contribution is 0.252. The number of hydrogen-bond acceptors (Lipinski definition) is 4. The molecule has 0 bridgehead atoms. The Kier molecular flexibility index (Phi) is 5.81. The number of rotatable bonds is 6. The van der Waals surface area contributed by atoms with Gasteiger partial charge in [0.25, 0.3) is 0 Å². The van der Waals surface area contributed by atoms with E-state index in [2.05, 4.69) is 41.1 Å². The molecule has 2 N–H and O–H groups in total. The highest BCUT2D eigenvalue weighted by Gasteiger charge is 2.13. The molecule has 0 aliphatic carbocycles. The fourth-order valence-electron chi connectivity index (χ4n) is 3.07. The highest BCUT2D eigenvalue weighted by Crippen LogP contribution is 2.23. The number of amides is 2. The van der Waals surface area contributed by atoms with E-state index in [4.69, 9.17) is 4.98 Å². The lowest BCUT2D eigenvalue weighted by atomic mass is 10.2. The smallest absolute Gasteiger partial charge is 0.319 e. The Morgan fingerprint density at radius 2 is 1.93 bits per heavy atom. The molecule has 0 saturated carbocycles. The van der Waals surface area contributed by atoms with Gasteiger partial charge in [0.15, 0.2) is 5.65 Å². The van der Waals surface area contributed by atoms with Crippen LogP contribution < -0.4 is 10.6 Å². The van der Waals surface area contributed by atoms with E-state index in [9.17, 15) is 4.79 Å². The molecule has 0 radical (unpaired) electrons. The molecule has 0 aliphatic rings. The number of fused-ring (bicyclic) bond motifs is 1. The maximum absolute atomic E-state index is 12.1. The largest absolute Gasteiger partial charge is 0.338 e. The number of imidazole rings is 1. The van der Waals surface area contributed by atoms with Crippen LogP contribution in [0.3, 0.4) is 0 Å². The molecule has 4 aromatic rings. The first kappa shape index (κ1) is 19.1. The van der Waals surface area contributed by atoms with Gasteiger partial charge in [0, 0.05) is 47.4 Å². The minimum absolute atomic E-state index is 0.230. The van der Waals surface area contributed by atoms with E-state index in [1.165, 1.54) is 0 Å². The summed E-state index contributed by atoms with van der Waals surface area (Å²) in [7, 11) is 0. The zero-order valence-corrected chi connectivity index (χ0v) is 17.1. The van der Waals surface area contributed by atoms with Gasteiger partial charge in [-0.05, 0) is 48.9 Å². The van der Waals surface area contributed by atoms with Crippen molar-refractivity contribution in [3.05, 3.63) is 71.6 Å². The van der Waals surface area contributed by atoms with E-state index in [0.29, 0.717) is 13.1 Å². The Hall–Kier alpha value is -3.26. The second-order valence-corrected chi connectivity index (χ2v) is 7.33. The van der Waals surface area contributed by atoms with Crippen LogP contribution >= 0.6 is 15.9 Å². The molecule has 1 aromatic carbocycles. The number of carbonyl (C=O) groups is 1. The van der Waals surface area contributed by atoms with Crippen molar-refractivity contribution in [1.29, 1.82) is 0 Å². The normalized spacial score (nSPS) is 10.8. The summed E-state index contributed by atoms with van der Waals surface area (Å²) in [6.07, 6.45) is 6.01. The maximum Gasteiger partial charge on any atom is 0.319 e. The number of urea groups is 1. The molecule has 0 fully saturated rings. The van der Waals surface area contributed by atoms with Crippen LogP contribution in [0.15, 0.2) is 71.6 Å². The van der Waals surface area contributed by atoms with Gasteiger partial charge in [0.1, 0.15) is 11.3 Å². The monoisotopic (exact) mass is 450 g/mol. The van der Waals surface area contributed by atoms with Gasteiger partial charge in [-0.15, -0.1) is 0 Å². The third-order valence-corrected chi connectivity index (χ3v) is 4.86. The average molecular weight is 451 g/mol. The minimum Gasteiger partial charge on any atom is -0.338 e. The molecule has 146 valence electrons. The number of anilines is 1. The Bertz CT molecular complexity index is 1130. The van der Waals surface area contributed by atoms with Crippen molar-refractivity contribution < 1.29 is 4.79 Å². The van der Waals surface area contributed by atoms with Crippen LogP contribution in [-0.4, -0.2) is 32.1 Å². The second kappa shape index (κ2) is 8.83. The van der Waals surface area contributed by atoms with E-state index < -0.39 is 0 Å². The number of pyridine rings is 2. The van der Waals surface area contributed by atoms with Gasteiger partial charge < -0.3 is 15.2 Å². The first-order valence-electron chi connectivity index (χ1n) is 9.23. The molecule has 0 spiro atoms. The number of aryl methyl sites for hydroxylation is 1. The van der Waals surface area contributed by atoms with Gasteiger partial charge in [-0.25, -0.2) is 14.8 Å². The molecule has 29 heavy (non-hydrogen) atoms. The van der Waals surface area contributed by atoms with Crippen molar-refractivity contribution in [2.24, 2.45) is 0 Å². The van der Waals surface area contributed by atoms with Gasteiger partial charge in [-0.1, -0.05) is 22.0 Å². The summed E-state index contributed by atoms with van der Waals surface area (Å²) < 4.78 is 3.00. The topological polar surface area (TPSA) is 84.7 Å². The van der Waals surface area contributed by atoms with E-state index in [0.717, 1.165) is 39.1 Å². The Balaban J connectivity index is 1.41. The predicted octanol–water partition coefficient (Wildman–Crippen LogP) is 4.47. The summed E-state index contributed by atoms with van der Waals surface area (Å²) in [4.78, 5) is 25.4. The Morgan fingerprint density at radius 3 is 2.76 bits per heavy atom. The summed E-state index contributed by atoms with van der Waals surface area (Å²) in [6.45, 7) is 1.21. The van der Waals surface area contributed by atoms with Gasteiger partial charge in [-0.3, -0.25) is 4.98 Å². The summed E-state index contributed by atoms with van der Waals surface area (Å²) in [5, 5.41) is 5.72. The lowest BCUT2D eigenvalue weighted by Gasteiger charge is -2.10. The highest BCUT2D eigenvalue weighted by atomic mass is 79.9. The summed E-state index contributed by atoms with van der Waals surface area (Å²) in [5.41, 5.74) is 3.40. The van der Waals surface area contributed by atoms with Crippen molar-refractivity contribution in [3.8, 4) is 11.4 Å². The van der Waals surface area contributed by atoms with Crippen LogP contribution in [0.4, 0.5) is 10.5 Å².